The van der Waals surface area contributed by atoms with Gasteiger partial charge in [0.1, 0.15) is 5.56 Å². The topological polar surface area (TPSA) is 140 Å². The van der Waals surface area contributed by atoms with Crippen molar-refractivity contribution in [2.24, 2.45) is 5.73 Å². The van der Waals surface area contributed by atoms with E-state index >= 15 is 0 Å². The number of nitrogens with zero attached hydrogens (tertiary/aromatic N) is 6. The molecule has 31 heavy (non-hydrogen) atoms. The molecule has 0 radical (unpaired) electrons. The van der Waals surface area contributed by atoms with Gasteiger partial charge in [-0.25, -0.2) is 4.98 Å². The van der Waals surface area contributed by atoms with Gasteiger partial charge < -0.3 is 21.7 Å². The van der Waals surface area contributed by atoms with Gasteiger partial charge in [-0.2, -0.15) is 20.0 Å². The quantitative estimate of drug-likeness (QED) is 0.367. The minimum absolute atomic E-state index is 0.222. The van der Waals surface area contributed by atoms with E-state index in [1.807, 2.05) is 24.3 Å². The maximum atomic E-state index is 12.3. The van der Waals surface area contributed by atoms with E-state index in [1.165, 1.54) is 4.80 Å². The van der Waals surface area contributed by atoms with Crippen LogP contribution in [0.25, 0.3) is 11.3 Å². The number of carbonyl (C=O) groups excluding carboxylic acids is 1. The summed E-state index contributed by atoms with van der Waals surface area (Å²) in [6, 6.07) is 7.71. The van der Waals surface area contributed by atoms with Crippen molar-refractivity contribution in [3.8, 4) is 5.69 Å². The molecule has 1 aliphatic heterocycles. The Morgan fingerprint density at radius 2 is 2.10 bits per heavy atom. The van der Waals surface area contributed by atoms with Gasteiger partial charge in [0.2, 0.25) is 5.95 Å². The molecule has 0 aliphatic carbocycles. The Morgan fingerprint density at radius 1 is 1.23 bits per heavy atom. The van der Waals surface area contributed by atoms with Crippen molar-refractivity contribution in [2.45, 2.75) is 18.9 Å². The number of carbonyl (C=O) groups is 1. The maximum Gasteiger partial charge on any atom is 0.256 e. The largest absolute Gasteiger partial charge is 0.365 e. The molecule has 11 nitrogen and oxygen atoms in total. The average molecular weight is 418 g/mol. The SMILES string of the molecule is NC(=O)c1c(Nc2cccc(-n3nccn3)c2)nc(N[C@@H]2CCCNC2)n2ccnc12. The minimum Gasteiger partial charge on any atom is -0.365 e. The van der Waals surface area contributed by atoms with Gasteiger partial charge in [0.15, 0.2) is 11.5 Å². The van der Waals surface area contributed by atoms with Crippen LogP contribution in [0.1, 0.15) is 23.2 Å². The van der Waals surface area contributed by atoms with Gasteiger partial charge in [-0.1, -0.05) is 6.07 Å². The highest BCUT2D eigenvalue weighted by Crippen LogP contribution is 2.26. The summed E-state index contributed by atoms with van der Waals surface area (Å²) in [5.74, 6) is 0.323. The number of anilines is 3. The molecule has 3 aromatic heterocycles. The summed E-state index contributed by atoms with van der Waals surface area (Å²) in [5, 5.41) is 18.4. The molecule has 5 N–H and O–H groups in total. The van der Waals surface area contributed by atoms with E-state index in [4.69, 9.17) is 10.7 Å². The summed E-state index contributed by atoms with van der Waals surface area (Å²) in [6.07, 6.45) is 8.73. The third-order valence-corrected chi connectivity index (χ3v) is 5.18. The predicted molar refractivity (Wildman–Crippen MR) is 116 cm³/mol. The summed E-state index contributed by atoms with van der Waals surface area (Å²) in [5.41, 5.74) is 7.86. The average Bonchev–Trinajstić information content (AvgIpc) is 3.47. The number of rotatable bonds is 6. The van der Waals surface area contributed by atoms with Gasteiger partial charge in [-0.3, -0.25) is 9.20 Å². The lowest BCUT2D eigenvalue weighted by Crippen LogP contribution is -2.39. The Labute approximate surface area is 177 Å². The number of nitrogens with two attached hydrogens (primary N) is 1. The highest BCUT2D eigenvalue weighted by atomic mass is 16.1. The second-order valence-corrected chi connectivity index (χ2v) is 7.33. The van der Waals surface area contributed by atoms with Crippen LogP contribution in [-0.2, 0) is 0 Å². The number of piperidine rings is 1. The first kappa shape index (κ1) is 19.0. The van der Waals surface area contributed by atoms with E-state index in [9.17, 15) is 4.79 Å². The van der Waals surface area contributed by atoms with Crippen molar-refractivity contribution < 1.29 is 4.79 Å². The molecular formula is C20H22N10O. The first-order valence-corrected chi connectivity index (χ1v) is 10.1. The summed E-state index contributed by atoms with van der Waals surface area (Å²) >= 11 is 0. The molecule has 0 saturated carbocycles. The molecule has 5 rings (SSSR count). The second kappa shape index (κ2) is 8.03. The molecule has 0 unspecified atom stereocenters. The van der Waals surface area contributed by atoms with Crippen molar-refractivity contribution in [1.29, 1.82) is 0 Å². The van der Waals surface area contributed by atoms with Gasteiger partial charge >= 0.3 is 0 Å². The summed E-state index contributed by atoms with van der Waals surface area (Å²) in [4.78, 5) is 22.9. The fraction of sp³-hybridized carbons (Fsp3) is 0.250. The van der Waals surface area contributed by atoms with E-state index in [0.717, 1.165) is 31.6 Å². The van der Waals surface area contributed by atoms with E-state index in [-0.39, 0.29) is 11.6 Å². The molecule has 1 aliphatic rings. The van der Waals surface area contributed by atoms with Crippen LogP contribution in [0.3, 0.4) is 0 Å². The van der Waals surface area contributed by atoms with Crippen LogP contribution < -0.4 is 21.7 Å². The zero-order valence-electron chi connectivity index (χ0n) is 16.7. The maximum absolute atomic E-state index is 12.3. The first-order chi connectivity index (χ1) is 15.2. The number of primary amides is 1. The van der Waals surface area contributed by atoms with Crippen molar-refractivity contribution in [1.82, 2.24) is 34.7 Å². The number of aromatic nitrogens is 6. The van der Waals surface area contributed by atoms with Gasteiger partial charge in [-0.05, 0) is 37.6 Å². The zero-order valence-corrected chi connectivity index (χ0v) is 16.7. The molecule has 0 bridgehead atoms. The van der Waals surface area contributed by atoms with Gasteiger partial charge in [-0.15, -0.1) is 0 Å². The zero-order chi connectivity index (χ0) is 21.2. The summed E-state index contributed by atoms with van der Waals surface area (Å²) in [6.45, 7) is 1.86. The number of hydrogen-bond donors (Lipinski definition) is 4. The molecule has 1 atom stereocenters. The van der Waals surface area contributed by atoms with Gasteiger partial charge in [0, 0.05) is 30.7 Å². The summed E-state index contributed by atoms with van der Waals surface area (Å²) in [7, 11) is 0. The van der Waals surface area contributed by atoms with Crippen LogP contribution in [0, 0.1) is 0 Å². The van der Waals surface area contributed by atoms with Crippen molar-refractivity contribution in [3.05, 3.63) is 54.6 Å². The molecule has 0 spiro atoms. The molecule has 1 fully saturated rings. The molecule has 11 heteroatoms. The predicted octanol–water partition coefficient (Wildman–Crippen LogP) is 1.32. The van der Waals surface area contributed by atoms with E-state index in [2.05, 4.69) is 31.1 Å². The van der Waals surface area contributed by atoms with Crippen LogP contribution in [0.2, 0.25) is 0 Å². The van der Waals surface area contributed by atoms with E-state index < -0.39 is 5.91 Å². The smallest absolute Gasteiger partial charge is 0.256 e. The molecule has 4 aromatic rings. The van der Waals surface area contributed by atoms with Crippen LogP contribution in [-0.4, -0.2) is 54.4 Å². The highest BCUT2D eigenvalue weighted by molar-refractivity contribution is 6.04. The number of fused-ring (bicyclic) bond motifs is 1. The Balaban J connectivity index is 1.55. The Kier molecular flexibility index (Phi) is 4.92. The van der Waals surface area contributed by atoms with Crippen molar-refractivity contribution in [3.63, 3.8) is 0 Å². The van der Waals surface area contributed by atoms with Crippen LogP contribution in [0.5, 0.6) is 0 Å². The Hall–Kier alpha value is -3.99. The third kappa shape index (κ3) is 3.78. The molecule has 4 heterocycles. The Morgan fingerprint density at radius 3 is 2.87 bits per heavy atom. The number of imidazole rings is 1. The molecule has 1 aromatic carbocycles. The third-order valence-electron chi connectivity index (χ3n) is 5.18. The molecule has 1 saturated heterocycles. The fourth-order valence-corrected chi connectivity index (χ4v) is 3.75. The second-order valence-electron chi connectivity index (χ2n) is 7.33. The van der Waals surface area contributed by atoms with E-state index in [1.54, 1.807) is 29.2 Å². The van der Waals surface area contributed by atoms with Crippen molar-refractivity contribution in [2.75, 3.05) is 23.7 Å². The van der Waals surface area contributed by atoms with E-state index in [0.29, 0.717) is 23.1 Å². The Bertz CT molecular complexity index is 1210. The standard InChI is InChI=1S/C20H22N10O/c21-17(31)16-18(26-13-3-1-5-15(11-13)30-24-7-8-25-30)28-20(29-10-9-23-19(16)29)27-14-4-2-6-22-12-14/h1,3,5,7-11,14,22,26H,2,4,6,12H2,(H2,21,31)(H,27,28)/t14-/m1/s1. The van der Waals surface area contributed by atoms with Crippen LogP contribution in [0.4, 0.5) is 17.5 Å². The number of nitrogens with one attached hydrogen (secondary N) is 3. The molecule has 158 valence electrons. The number of hydrogen-bond acceptors (Lipinski definition) is 8. The monoisotopic (exact) mass is 418 g/mol. The lowest BCUT2D eigenvalue weighted by Gasteiger charge is -2.25. The van der Waals surface area contributed by atoms with Gasteiger partial charge in [0.25, 0.3) is 5.91 Å². The van der Waals surface area contributed by atoms with Gasteiger partial charge in [0.05, 0.1) is 18.1 Å². The van der Waals surface area contributed by atoms with Crippen LogP contribution in [0.15, 0.2) is 49.1 Å². The molecular weight excluding hydrogens is 396 g/mol. The first-order valence-electron chi connectivity index (χ1n) is 10.1. The summed E-state index contributed by atoms with van der Waals surface area (Å²) < 4.78 is 1.75. The highest BCUT2D eigenvalue weighted by Gasteiger charge is 2.22. The van der Waals surface area contributed by atoms with Crippen molar-refractivity contribution >= 4 is 29.0 Å². The van der Waals surface area contributed by atoms with Crippen LogP contribution >= 0.6 is 0 Å². The molecule has 1 amide bonds. The normalized spacial score (nSPS) is 16.3. The minimum atomic E-state index is -0.609. The lowest BCUT2D eigenvalue weighted by molar-refractivity contribution is 0.100. The fourth-order valence-electron chi connectivity index (χ4n) is 3.75. The lowest BCUT2D eigenvalue weighted by atomic mass is 10.1. The number of benzene rings is 1. The number of amides is 1.